The zero-order chi connectivity index (χ0) is 13.9. The molecule has 2 aromatic heterocycles. The third-order valence-electron chi connectivity index (χ3n) is 3.14. The van der Waals surface area contributed by atoms with Crippen LogP contribution >= 0.6 is 11.3 Å². The summed E-state index contributed by atoms with van der Waals surface area (Å²) in [5.41, 5.74) is 2.81. The summed E-state index contributed by atoms with van der Waals surface area (Å²) in [6.45, 7) is 10.5. The zero-order valence-corrected chi connectivity index (χ0v) is 13.0. The molecule has 4 heteroatoms. The van der Waals surface area contributed by atoms with Crippen LogP contribution in [0, 0.1) is 6.92 Å². The molecule has 0 spiro atoms. The van der Waals surface area contributed by atoms with Gasteiger partial charge in [0.25, 0.3) is 0 Å². The van der Waals surface area contributed by atoms with E-state index in [0.29, 0.717) is 0 Å². The van der Waals surface area contributed by atoms with Crippen molar-refractivity contribution in [3.8, 4) is 0 Å². The monoisotopic (exact) mass is 277 g/mol. The minimum Gasteiger partial charge on any atom is -0.331 e. The Kier molecular flexibility index (Phi) is 4.42. The van der Waals surface area contributed by atoms with Crippen LogP contribution in [0.25, 0.3) is 0 Å². The highest BCUT2D eigenvalue weighted by atomic mass is 32.1. The Morgan fingerprint density at radius 1 is 1.37 bits per heavy atom. The molecular weight excluding hydrogens is 254 g/mol. The quantitative estimate of drug-likeness (QED) is 0.908. The first-order valence-electron chi connectivity index (χ1n) is 6.73. The number of rotatable bonds is 5. The molecule has 0 saturated heterocycles. The van der Waals surface area contributed by atoms with Crippen LogP contribution in [-0.4, -0.2) is 15.1 Å². The average molecular weight is 277 g/mol. The molecule has 1 N–H and O–H groups in total. The van der Waals surface area contributed by atoms with Crippen LogP contribution in [0.15, 0.2) is 23.0 Å². The normalized spacial score (nSPS) is 12.0. The van der Waals surface area contributed by atoms with Gasteiger partial charge in [-0.3, -0.25) is 0 Å². The highest BCUT2D eigenvalue weighted by Crippen LogP contribution is 2.12. The maximum absolute atomic E-state index is 4.44. The molecule has 2 aromatic rings. The summed E-state index contributed by atoms with van der Waals surface area (Å²) in [5.74, 6) is 1.10. The lowest BCUT2D eigenvalue weighted by Gasteiger charge is -2.21. The maximum atomic E-state index is 4.44. The van der Waals surface area contributed by atoms with Gasteiger partial charge < -0.3 is 9.88 Å². The molecule has 0 unspecified atom stereocenters. The van der Waals surface area contributed by atoms with Crippen molar-refractivity contribution in [1.29, 1.82) is 0 Å². The first-order chi connectivity index (χ1) is 8.96. The third kappa shape index (κ3) is 4.18. The van der Waals surface area contributed by atoms with E-state index in [2.05, 4.69) is 59.4 Å². The number of hydrogen-bond donors (Lipinski definition) is 1. The number of hydrogen-bond acceptors (Lipinski definition) is 3. The van der Waals surface area contributed by atoms with E-state index in [1.807, 2.05) is 6.20 Å². The van der Waals surface area contributed by atoms with E-state index in [9.17, 15) is 0 Å². The summed E-state index contributed by atoms with van der Waals surface area (Å²) in [6, 6.07) is 2.20. The van der Waals surface area contributed by atoms with E-state index in [-0.39, 0.29) is 5.54 Å². The number of nitrogens with zero attached hydrogens (tertiary/aromatic N) is 2. The van der Waals surface area contributed by atoms with Crippen LogP contribution in [0.1, 0.15) is 37.9 Å². The predicted octanol–water partition coefficient (Wildman–Crippen LogP) is 3.38. The summed E-state index contributed by atoms with van der Waals surface area (Å²) in [5, 5.41) is 7.88. The lowest BCUT2D eigenvalue weighted by molar-refractivity contribution is 0.415. The summed E-state index contributed by atoms with van der Waals surface area (Å²) in [6.07, 6.45) is 3.06. The van der Waals surface area contributed by atoms with Crippen molar-refractivity contribution in [1.82, 2.24) is 14.9 Å². The standard InChI is InChI=1S/C15H23N3S/c1-12-16-9-14(10-17-15(2,3)4)18(12)7-5-13-6-8-19-11-13/h6,8-9,11,17H,5,7,10H2,1-4H3. The lowest BCUT2D eigenvalue weighted by Crippen LogP contribution is -2.35. The van der Waals surface area contributed by atoms with Crippen LogP contribution in [0.5, 0.6) is 0 Å². The van der Waals surface area contributed by atoms with E-state index in [0.717, 1.165) is 25.3 Å². The number of aromatic nitrogens is 2. The van der Waals surface area contributed by atoms with Gasteiger partial charge in [0.1, 0.15) is 5.82 Å². The molecule has 0 radical (unpaired) electrons. The van der Waals surface area contributed by atoms with E-state index in [1.165, 1.54) is 11.3 Å². The summed E-state index contributed by atoms with van der Waals surface area (Å²) in [7, 11) is 0. The Balaban J connectivity index is 2.01. The molecule has 0 saturated carbocycles. The highest BCUT2D eigenvalue weighted by molar-refractivity contribution is 7.07. The second kappa shape index (κ2) is 5.88. The van der Waals surface area contributed by atoms with Crippen LogP contribution in [0.4, 0.5) is 0 Å². The van der Waals surface area contributed by atoms with Gasteiger partial charge in [-0.25, -0.2) is 4.98 Å². The topological polar surface area (TPSA) is 29.9 Å². The molecule has 0 aromatic carbocycles. The van der Waals surface area contributed by atoms with Gasteiger partial charge >= 0.3 is 0 Å². The molecule has 2 rings (SSSR count). The van der Waals surface area contributed by atoms with Crippen molar-refractivity contribution in [2.75, 3.05) is 0 Å². The van der Waals surface area contributed by atoms with Crippen molar-refractivity contribution in [2.45, 2.75) is 52.7 Å². The van der Waals surface area contributed by atoms with E-state index in [1.54, 1.807) is 11.3 Å². The largest absolute Gasteiger partial charge is 0.331 e. The Morgan fingerprint density at radius 2 is 2.16 bits per heavy atom. The van der Waals surface area contributed by atoms with Crippen molar-refractivity contribution in [2.24, 2.45) is 0 Å². The van der Waals surface area contributed by atoms with Crippen molar-refractivity contribution in [3.05, 3.63) is 40.1 Å². The lowest BCUT2D eigenvalue weighted by atomic mass is 10.1. The molecule has 0 aliphatic heterocycles. The van der Waals surface area contributed by atoms with Crippen LogP contribution < -0.4 is 5.32 Å². The molecule has 0 aliphatic rings. The SMILES string of the molecule is Cc1ncc(CNC(C)(C)C)n1CCc1ccsc1. The third-order valence-corrected chi connectivity index (χ3v) is 3.87. The van der Waals surface area contributed by atoms with E-state index >= 15 is 0 Å². The molecule has 0 amide bonds. The van der Waals surface area contributed by atoms with Crippen molar-refractivity contribution in [3.63, 3.8) is 0 Å². The summed E-state index contributed by atoms with van der Waals surface area (Å²) >= 11 is 1.76. The molecule has 0 fully saturated rings. The number of imidazole rings is 1. The van der Waals surface area contributed by atoms with Gasteiger partial charge in [0.15, 0.2) is 0 Å². The minimum absolute atomic E-state index is 0.135. The minimum atomic E-state index is 0.135. The molecule has 0 atom stereocenters. The van der Waals surface area contributed by atoms with Crippen LogP contribution in [-0.2, 0) is 19.5 Å². The van der Waals surface area contributed by atoms with Gasteiger partial charge in [-0.05, 0) is 56.5 Å². The second-order valence-corrected chi connectivity index (χ2v) is 6.71. The molecule has 0 bridgehead atoms. The van der Waals surface area contributed by atoms with Crippen LogP contribution in [0.2, 0.25) is 0 Å². The van der Waals surface area contributed by atoms with E-state index in [4.69, 9.17) is 0 Å². The molecule has 2 heterocycles. The van der Waals surface area contributed by atoms with Gasteiger partial charge in [-0.15, -0.1) is 0 Å². The molecule has 0 aliphatic carbocycles. The van der Waals surface area contributed by atoms with Gasteiger partial charge in [-0.1, -0.05) is 0 Å². The summed E-state index contributed by atoms with van der Waals surface area (Å²) < 4.78 is 2.32. The fourth-order valence-electron chi connectivity index (χ4n) is 1.99. The first-order valence-corrected chi connectivity index (χ1v) is 7.67. The fraction of sp³-hybridized carbons (Fsp3) is 0.533. The Bertz CT molecular complexity index is 506. The Morgan fingerprint density at radius 3 is 2.79 bits per heavy atom. The van der Waals surface area contributed by atoms with Gasteiger partial charge in [0, 0.05) is 24.8 Å². The highest BCUT2D eigenvalue weighted by Gasteiger charge is 2.12. The van der Waals surface area contributed by atoms with Crippen LogP contribution in [0.3, 0.4) is 0 Å². The Hall–Kier alpha value is -1.13. The molecule has 104 valence electrons. The smallest absolute Gasteiger partial charge is 0.105 e. The molecule has 19 heavy (non-hydrogen) atoms. The van der Waals surface area contributed by atoms with Gasteiger partial charge in [0.05, 0.1) is 5.69 Å². The number of nitrogens with one attached hydrogen (secondary N) is 1. The van der Waals surface area contributed by atoms with Gasteiger partial charge in [0.2, 0.25) is 0 Å². The summed E-state index contributed by atoms with van der Waals surface area (Å²) in [4.78, 5) is 4.44. The van der Waals surface area contributed by atoms with Crippen molar-refractivity contribution >= 4 is 11.3 Å². The second-order valence-electron chi connectivity index (χ2n) is 5.93. The maximum Gasteiger partial charge on any atom is 0.105 e. The predicted molar refractivity (Wildman–Crippen MR) is 81.6 cm³/mol. The number of thiophene rings is 1. The average Bonchev–Trinajstić information content (AvgIpc) is 2.93. The zero-order valence-electron chi connectivity index (χ0n) is 12.2. The number of aryl methyl sites for hydroxylation is 2. The molecular formula is C15H23N3S. The van der Waals surface area contributed by atoms with Crippen molar-refractivity contribution < 1.29 is 0 Å². The fourth-order valence-corrected chi connectivity index (χ4v) is 2.70. The Labute approximate surface area is 119 Å². The van der Waals surface area contributed by atoms with E-state index < -0.39 is 0 Å². The van der Waals surface area contributed by atoms with Gasteiger partial charge in [-0.2, -0.15) is 11.3 Å². The molecule has 3 nitrogen and oxygen atoms in total. The first kappa shape index (κ1) is 14.3.